The van der Waals surface area contributed by atoms with Crippen molar-refractivity contribution in [2.45, 2.75) is 25.4 Å². The molecule has 2 aromatic rings. The van der Waals surface area contributed by atoms with Crippen molar-refractivity contribution >= 4 is 35.1 Å². The molecule has 9 heteroatoms. The van der Waals surface area contributed by atoms with Gasteiger partial charge in [0, 0.05) is 17.5 Å². The average molecular weight is 403 g/mol. The van der Waals surface area contributed by atoms with Gasteiger partial charge in [0.15, 0.2) is 0 Å². The van der Waals surface area contributed by atoms with Gasteiger partial charge in [0.05, 0.1) is 25.5 Å². The summed E-state index contributed by atoms with van der Waals surface area (Å²) in [4.78, 5) is 41.9. The van der Waals surface area contributed by atoms with Crippen LogP contribution in [-0.2, 0) is 16.1 Å². The molecule has 0 radical (unpaired) electrons. The molecule has 8 nitrogen and oxygen atoms in total. The average Bonchev–Trinajstić information content (AvgIpc) is 2.96. The lowest BCUT2D eigenvalue weighted by molar-refractivity contribution is -0.128. The molecular formula is C19H19ClN4O4. The zero-order valence-corrected chi connectivity index (χ0v) is 15.9. The summed E-state index contributed by atoms with van der Waals surface area (Å²) in [6.07, 6.45) is 1.74. The third-order valence-electron chi connectivity index (χ3n) is 4.28. The van der Waals surface area contributed by atoms with Crippen molar-refractivity contribution in [3.05, 3.63) is 53.2 Å². The largest absolute Gasteiger partial charge is 0.481 e. The minimum absolute atomic E-state index is 0.0721. The van der Waals surface area contributed by atoms with Crippen LogP contribution in [-0.4, -0.2) is 40.9 Å². The number of urea groups is 1. The van der Waals surface area contributed by atoms with E-state index < -0.39 is 12.1 Å². The molecule has 3 rings (SSSR count). The number of benzene rings is 1. The number of anilines is 1. The molecule has 4 amide bonds. The summed E-state index contributed by atoms with van der Waals surface area (Å²) in [6.45, 7) is 0.0879. The molecule has 0 spiro atoms. The standard InChI is InChI=1S/C19H19ClN4O4/c1-28-17-9-6-13(10-21-17)22-16(25)8-7-15-18(26)24(19(27)23-15)11-12-4-2-3-5-14(12)20/h2-6,9-10,15H,7-8,11H2,1H3,(H,22,25)(H,23,27)/t15-/m1/s1. The third-order valence-corrected chi connectivity index (χ3v) is 4.65. The number of hydrogen-bond donors (Lipinski definition) is 2. The molecule has 146 valence electrons. The number of rotatable bonds is 7. The Morgan fingerprint density at radius 3 is 2.75 bits per heavy atom. The van der Waals surface area contributed by atoms with Crippen LogP contribution in [0.15, 0.2) is 42.6 Å². The lowest BCUT2D eigenvalue weighted by Crippen LogP contribution is -2.31. The number of pyridine rings is 1. The molecule has 28 heavy (non-hydrogen) atoms. The second kappa shape index (κ2) is 8.71. The molecule has 0 aliphatic carbocycles. The van der Waals surface area contributed by atoms with Crippen LogP contribution in [0.4, 0.5) is 10.5 Å². The van der Waals surface area contributed by atoms with Gasteiger partial charge in [-0.1, -0.05) is 29.8 Å². The fraction of sp³-hybridized carbons (Fsp3) is 0.263. The van der Waals surface area contributed by atoms with Gasteiger partial charge in [-0.3, -0.25) is 14.5 Å². The molecule has 2 heterocycles. The van der Waals surface area contributed by atoms with Crippen LogP contribution in [0.2, 0.25) is 5.02 Å². The van der Waals surface area contributed by atoms with Gasteiger partial charge in [-0.2, -0.15) is 0 Å². The molecular weight excluding hydrogens is 384 g/mol. The number of ether oxygens (including phenoxy) is 1. The van der Waals surface area contributed by atoms with Gasteiger partial charge in [-0.25, -0.2) is 9.78 Å². The van der Waals surface area contributed by atoms with E-state index in [1.165, 1.54) is 13.3 Å². The maximum atomic E-state index is 12.5. The van der Waals surface area contributed by atoms with E-state index in [1.807, 2.05) is 0 Å². The normalized spacial score (nSPS) is 16.1. The first kappa shape index (κ1) is 19.6. The highest BCUT2D eigenvalue weighted by Gasteiger charge is 2.38. The van der Waals surface area contributed by atoms with Crippen LogP contribution in [0, 0.1) is 0 Å². The van der Waals surface area contributed by atoms with E-state index in [0.717, 1.165) is 4.90 Å². The number of nitrogens with one attached hydrogen (secondary N) is 2. The van der Waals surface area contributed by atoms with E-state index in [1.54, 1.807) is 36.4 Å². The van der Waals surface area contributed by atoms with Crippen LogP contribution in [0.1, 0.15) is 18.4 Å². The summed E-state index contributed by atoms with van der Waals surface area (Å²) in [7, 11) is 1.50. The van der Waals surface area contributed by atoms with Gasteiger partial charge in [0.2, 0.25) is 11.8 Å². The molecule has 0 bridgehead atoms. The molecule has 1 atom stereocenters. The molecule has 1 aromatic heterocycles. The van der Waals surface area contributed by atoms with Crippen LogP contribution >= 0.6 is 11.6 Å². The van der Waals surface area contributed by atoms with Crippen molar-refractivity contribution in [3.8, 4) is 5.88 Å². The molecule has 0 unspecified atom stereocenters. The van der Waals surface area contributed by atoms with Crippen LogP contribution in [0.5, 0.6) is 5.88 Å². The summed E-state index contributed by atoms with van der Waals surface area (Å²) < 4.78 is 4.96. The van der Waals surface area contributed by atoms with E-state index in [0.29, 0.717) is 22.2 Å². The Labute approximate surface area is 166 Å². The fourth-order valence-electron chi connectivity index (χ4n) is 2.79. The molecule has 1 saturated heterocycles. The Morgan fingerprint density at radius 2 is 2.07 bits per heavy atom. The van der Waals surface area contributed by atoms with Crippen molar-refractivity contribution in [3.63, 3.8) is 0 Å². The number of carbonyl (C=O) groups is 3. The van der Waals surface area contributed by atoms with Gasteiger partial charge in [-0.05, 0) is 24.1 Å². The predicted octanol–water partition coefficient (Wildman–Crippen LogP) is 2.58. The van der Waals surface area contributed by atoms with Crippen molar-refractivity contribution in [2.75, 3.05) is 12.4 Å². The van der Waals surface area contributed by atoms with E-state index in [-0.39, 0.29) is 31.2 Å². The van der Waals surface area contributed by atoms with Crippen molar-refractivity contribution in [2.24, 2.45) is 0 Å². The van der Waals surface area contributed by atoms with E-state index in [9.17, 15) is 14.4 Å². The molecule has 1 aliphatic rings. The van der Waals surface area contributed by atoms with Crippen LogP contribution < -0.4 is 15.4 Å². The predicted molar refractivity (Wildman–Crippen MR) is 103 cm³/mol. The number of nitrogens with zero attached hydrogens (tertiary/aromatic N) is 2. The summed E-state index contributed by atoms with van der Waals surface area (Å²) in [5.74, 6) is -0.210. The van der Waals surface area contributed by atoms with Gasteiger partial charge in [-0.15, -0.1) is 0 Å². The number of carbonyl (C=O) groups excluding carboxylic acids is 3. The maximum absolute atomic E-state index is 12.5. The first-order valence-electron chi connectivity index (χ1n) is 8.63. The third kappa shape index (κ3) is 4.58. The number of imide groups is 1. The summed E-state index contributed by atoms with van der Waals surface area (Å²) in [5.41, 5.74) is 1.20. The second-order valence-corrected chi connectivity index (χ2v) is 6.60. The highest BCUT2D eigenvalue weighted by molar-refractivity contribution is 6.31. The van der Waals surface area contributed by atoms with Crippen molar-refractivity contribution in [1.29, 1.82) is 0 Å². The number of amides is 4. The van der Waals surface area contributed by atoms with Crippen molar-refractivity contribution in [1.82, 2.24) is 15.2 Å². The summed E-state index contributed by atoms with van der Waals surface area (Å²) in [6, 6.07) is 9.08. The maximum Gasteiger partial charge on any atom is 0.325 e. The van der Waals surface area contributed by atoms with Crippen molar-refractivity contribution < 1.29 is 19.1 Å². The Balaban J connectivity index is 1.53. The monoisotopic (exact) mass is 402 g/mol. The first-order chi connectivity index (χ1) is 13.5. The number of aromatic nitrogens is 1. The van der Waals surface area contributed by atoms with Gasteiger partial charge in [0.25, 0.3) is 5.91 Å². The topological polar surface area (TPSA) is 101 Å². The smallest absolute Gasteiger partial charge is 0.325 e. The number of halogens is 1. The Bertz CT molecular complexity index is 888. The number of hydrogen-bond acceptors (Lipinski definition) is 5. The minimum Gasteiger partial charge on any atom is -0.481 e. The van der Waals surface area contributed by atoms with Gasteiger partial charge >= 0.3 is 6.03 Å². The summed E-state index contributed by atoms with van der Waals surface area (Å²) in [5, 5.41) is 5.79. The highest BCUT2D eigenvalue weighted by atomic mass is 35.5. The first-order valence-corrected chi connectivity index (χ1v) is 9.01. The quantitative estimate of drug-likeness (QED) is 0.693. The molecule has 1 aliphatic heterocycles. The van der Waals surface area contributed by atoms with Gasteiger partial charge < -0.3 is 15.4 Å². The van der Waals surface area contributed by atoms with E-state index in [4.69, 9.17) is 16.3 Å². The second-order valence-electron chi connectivity index (χ2n) is 6.19. The SMILES string of the molecule is COc1ccc(NC(=O)CC[C@H]2NC(=O)N(Cc3ccccc3Cl)C2=O)cn1. The van der Waals surface area contributed by atoms with Crippen LogP contribution in [0.3, 0.4) is 0 Å². The fourth-order valence-corrected chi connectivity index (χ4v) is 2.99. The van der Waals surface area contributed by atoms with E-state index in [2.05, 4.69) is 15.6 Å². The summed E-state index contributed by atoms with van der Waals surface area (Å²) >= 11 is 6.10. The number of methoxy groups -OCH3 is 1. The Hall–Kier alpha value is -3.13. The lowest BCUT2D eigenvalue weighted by atomic mass is 10.1. The Morgan fingerprint density at radius 1 is 1.29 bits per heavy atom. The highest BCUT2D eigenvalue weighted by Crippen LogP contribution is 2.20. The Kier molecular flexibility index (Phi) is 6.10. The minimum atomic E-state index is -0.741. The lowest BCUT2D eigenvalue weighted by Gasteiger charge is -2.14. The molecule has 1 aromatic carbocycles. The molecule has 0 saturated carbocycles. The van der Waals surface area contributed by atoms with Crippen LogP contribution in [0.25, 0.3) is 0 Å². The zero-order valence-electron chi connectivity index (χ0n) is 15.1. The molecule has 1 fully saturated rings. The molecule has 2 N–H and O–H groups in total. The van der Waals surface area contributed by atoms with E-state index >= 15 is 0 Å². The zero-order chi connectivity index (χ0) is 20.1. The van der Waals surface area contributed by atoms with Gasteiger partial charge in [0.1, 0.15) is 6.04 Å².